The zero-order valence-electron chi connectivity index (χ0n) is 12.0. The number of nitrogens with zero attached hydrogens (tertiary/aromatic N) is 2. The summed E-state index contributed by atoms with van der Waals surface area (Å²) < 4.78 is 0. The molecule has 1 aromatic carbocycles. The van der Waals surface area contributed by atoms with Crippen LogP contribution >= 0.6 is 24.8 Å². The van der Waals surface area contributed by atoms with E-state index in [2.05, 4.69) is 0 Å². The van der Waals surface area contributed by atoms with Crippen molar-refractivity contribution in [2.75, 3.05) is 23.4 Å². The van der Waals surface area contributed by atoms with Crippen molar-refractivity contribution < 1.29 is 9.59 Å². The van der Waals surface area contributed by atoms with Crippen molar-refractivity contribution >= 4 is 48.0 Å². The lowest BCUT2D eigenvalue weighted by atomic mass is 9.90. The summed E-state index contributed by atoms with van der Waals surface area (Å²) in [5.41, 5.74) is 0.554. The van der Waals surface area contributed by atoms with Gasteiger partial charge in [0.25, 0.3) is 0 Å². The molecule has 0 bridgehead atoms. The van der Waals surface area contributed by atoms with Crippen molar-refractivity contribution in [1.29, 1.82) is 0 Å². The van der Waals surface area contributed by atoms with Gasteiger partial charge in [0.2, 0.25) is 11.8 Å². The Hall–Kier alpha value is -1.26. The van der Waals surface area contributed by atoms with Crippen LogP contribution in [0.1, 0.15) is 20.8 Å². The molecule has 0 unspecified atom stereocenters. The van der Waals surface area contributed by atoms with Gasteiger partial charge in [0.15, 0.2) is 0 Å². The summed E-state index contributed by atoms with van der Waals surface area (Å²) in [4.78, 5) is 28.1. The molecule has 2 amide bonds. The predicted octanol–water partition coefficient (Wildman–Crippen LogP) is 2.89. The molecular formula is C14H20Cl2N2O2. The second kappa shape index (κ2) is 6.46. The average molecular weight is 319 g/mol. The molecule has 1 aliphatic rings. The number of anilines is 2. The van der Waals surface area contributed by atoms with Gasteiger partial charge >= 0.3 is 0 Å². The van der Waals surface area contributed by atoms with Crippen LogP contribution in [0.15, 0.2) is 24.3 Å². The van der Waals surface area contributed by atoms with Crippen molar-refractivity contribution in [2.45, 2.75) is 20.8 Å². The fourth-order valence-electron chi connectivity index (χ4n) is 2.36. The zero-order valence-corrected chi connectivity index (χ0v) is 13.7. The largest absolute Gasteiger partial charge is 0.313 e. The van der Waals surface area contributed by atoms with Crippen molar-refractivity contribution in [3.8, 4) is 0 Å². The Bertz CT molecular complexity index is 518. The van der Waals surface area contributed by atoms with Crippen molar-refractivity contribution in [2.24, 2.45) is 5.41 Å². The Morgan fingerprint density at radius 1 is 1.00 bits per heavy atom. The third-order valence-corrected chi connectivity index (χ3v) is 3.47. The average Bonchev–Trinajstić information content (AvgIpc) is 2.42. The lowest BCUT2D eigenvalue weighted by molar-refractivity contribution is -0.137. The maximum Gasteiger partial charge on any atom is 0.242 e. The smallest absolute Gasteiger partial charge is 0.242 e. The minimum absolute atomic E-state index is 0. The topological polar surface area (TPSA) is 40.6 Å². The normalized spacial score (nSPS) is 16.8. The zero-order chi connectivity index (χ0) is 13.5. The van der Waals surface area contributed by atoms with Gasteiger partial charge in [-0.05, 0) is 32.9 Å². The van der Waals surface area contributed by atoms with E-state index < -0.39 is 5.41 Å². The Kier molecular flexibility index (Phi) is 6.05. The van der Waals surface area contributed by atoms with Crippen molar-refractivity contribution in [3.63, 3.8) is 0 Å². The molecule has 2 rings (SSSR count). The molecule has 20 heavy (non-hydrogen) atoms. The maximum atomic E-state index is 12.5. The van der Waals surface area contributed by atoms with Gasteiger partial charge in [0.05, 0.1) is 11.4 Å². The van der Waals surface area contributed by atoms with E-state index in [1.807, 2.05) is 31.2 Å². The van der Waals surface area contributed by atoms with E-state index in [0.29, 0.717) is 6.54 Å². The quantitative estimate of drug-likeness (QED) is 0.747. The van der Waals surface area contributed by atoms with E-state index in [-0.39, 0.29) is 36.6 Å². The highest BCUT2D eigenvalue weighted by molar-refractivity contribution is 6.19. The Morgan fingerprint density at radius 2 is 1.50 bits per heavy atom. The van der Waals surface area contributed by atoms with Crippen LogP contribution in [0.2, 0.25) is 0 Å². The first-order valence-electron chi connectivity index (χ1n) is 6.10. The Labute approximate surface area is 131 Å². The SMILES string of the molecule is CCN1C(=O)C(C)(C)C(=O)N(C)c2ccccc21.Cl.Cl. The summed E-state index contributed by atoms with van der Waals surface area (Å²) >= 11 is 0. The van der Waals surface area contributed by atoms with Gasteiger partial charge in [0, 0.05) is 13.6 Å². The molecule has 0 saturated heterocycles. The van der Waals surface area contributed by atoms with Crippen LogP contribution in [0.25, 0.3) is 0 Å². The van der Waals surface area contributed by atoms with Gasteiger partial charge in [-0.15, -0.1) is 24.8 Å². The first-order chi connectivity index (χ1) is 8.41. The number of hydrogen-bond acceptors (Lipinski definition) is 2. The molecule has 0 aliphatic carbocycles. The van der Waals surface area contributed by atoms with Gasteiger partial charge < -0.3 is 9.80 Å². The highest BCUT2D eigenvalue weighted by Gasteiger charge is 2.44. The highest BCUT2D eigenvalue weighted by atomic mass is 35.5. The van der Waals surface area contributed by atoms with Crippen LogP contribution in [-0.2, 0) is 9.59 Å². The van der Waals surface area contributed by atoms with Crippen LogP contribution in [0, 0.1) is 5.41 Å². The van der Waals surface area contributed by atoms with Gasteiger partial charge in [-0.25, -0.2) is 0 Å². The maximum absolute atomic E-state index is 12.5. The first-order valence-corrected chi connectivity index (χ1v) is 6.10. The number of hydrogen-bond donors (Lipinski definition) is 0. The Balaban J connectivity index is 0.00000180. The molecule has 0 atom stereocenters. The number of carbonyl (C=O) groups excluding carboxylic acids is 2. The fraction of sp³-hybridized carbons (Fsp3) is 0.429. The standard InChI is InChI=1S/C14H18N2O2.2ClH/c1-5-16-11-9-7-6-8-10(11)15(4)12(17)14(2,3)13(16)18;;/h6-9H,5H2,1-4H3;2*1H. The van der Waals surface area contributed by atoms with E-state index in [9.17, 15) is 9.59 Å². The fourth-order valence-corrected chi connectivity index (χ4v) is 2.36. The van der Waals surface area contributed by atoms with Gasteiger partial charge in [-0.2, -0.15) is 0 Å². The number of rotatable bonds is 1. The molecule has 1 aliphatic heterocycles. The van der Waals surface area contributed by atoms with Crippen molar-refractivity contribution in [3.05, 3.63) is 24.3 Å². The molecular weight excluding hydrogens is 299 g/mol. The van der Waals surface area contributed by atoms with Crippen LogP contribution in [0.3, 0.4) is 0 Å². The molecule has 0 fully saturated rings. The van der Waals surface area contributed by atoms with Crippen LogP contribution in [0.5, 0.6) is 0 Å². The summed E-state index contributed by atoms with van der Waals surface area (Å²) in [6.07, 6.45) is 0. The Morgan fingerprint density at radius 3 is 2.00 bits per heavy atom. The summed E-state index contributed by atoms with van der Waals surface area (Å²) in [7, 11) is 1.72. The van der Waals surface area contributed by atoms with E-state index in [1.165, 1.54) is 0 Å². The van der Waals surface area contributed by atoms with E-state index in [0.717, 1.165) is 11.4 Å². The number of carbonyl (C=O) groups is 2. The molecule has 0 N–H and O–H groups in total. The second-order valence-electron chi connectivity index (χ2n) is 5.03. The summed E-state index contributed by atoms with van der Waals surface area (Å²) in [5.74, 6) is -0.317. The van der Waals surface area contributed by atoms with E-state index >= 15 is 0 Å². The predicted molar refractivity (Wildman–Crippen MR) is 86.2 cm³/mol. The van der Waals surface area contributed by atoms with Crippen LogP contribution in [0.4, 0.5) is 11.4 Å². The molecule has 0 saturated carbocycles. The van der Waals surface area contributed by atoms with Gasteiger partial charge in [-0.1, -0.05) is 12.1 Å². The molecule has 6 heteroatoms. The molecule has 0 spiro atoms. The minimum Gasteiger partial charge on any atom is -0.313 e. The number of amides is 2. The third kappa shape index (κ3) is 2.63. The van der Waals surface area contributed by atoms with Crippen LogP contribution < -0.4 is 9.80 Å². The van der Waals surface area contributed by atoms with E-state index in [1.54, 1.807) is 30.7 Å². The minimum atomic E-state index is -1.02. The summed E-state index contributed by atoms with van der Waals surface area (Å²) in [5, 5.41) is 0. The number of para-hydroxylation sites is 2. The summed E-state index contributed by atoms with van der Waals surface area (Å²) in [6.45, 7) is 5.84. The van der Waals surface area contributed by atoms with Gasteiger partial charge in [-0.3, -0.25) is 9.59 Å². The second-order valence-corrected chi connectivity index (χ2v) is 5.03. The molecule has 1 heterocycles. The van der Waals surface area contributed by atoms with Crippen LogP contribution in [-0.4, -0.2) is 25.4 Å². The molecule has 0 aromatic heterocycles. The molecule has 4 nitrogen and oxygen atoms in total. The van der Waals surface area contributed by atoms with E-state index in [4.69, 9.17) is 0 Å². The lowest BCUT2D eigenvalue weighted by Crippen LogP contribution is -2.47. The molecule has 1 aromatic rings. The summed E-state index contributed by atoms with van der Waals surface area (Å²) in [6, 6.07) is 7.50. The van der Waals surface area contributed by atoms with Crippen molar-refractivity contribution in [1.82, 2.24) is 0 Å². The number of halogens is 2. The lowest BCUT2D eigenvalue weighted by Gasteiger charge is -2.27. The number of benzene rings is 1. The highest BCUT2D eigenvalue weighted by Crippen LogP contribution is 2.37. The molecule has 0 radical (unpaired) electrons. The monoisotopic (exact) mass is 318 g/mol. The van der Waals surface area contributed by atoms with Gasteiger partial charge in [0.1, 0.15) is 5.41 Å². The third-order valence-electron chi connectivity index (χ3n) is 3.47. The first kappa shape index (κ1) is 18.7. The molecule has 112 valence electrons. The number of fused-ring (bicyclic) bond motifs is 1.